The second-order valence-corrected chi connectivity index (χ2v) is 17.4. The Bertz CT molecular complexity index is 1160. The second-order valence-electron chi connectivity index (χ2n) is 17.4. The summed E-state index contributed by atoms with van der Waals surface area (Å²) in [6, 6.07) is 0. The van der Waals surface area contributed by atoms with E-state index in [1.165, 1.54) is 130 Å². The van der Waals surface area contributed by atoms with E-state index in [2.05, 4.69) is 27.7 Å². The Hall–Kier alpha value is -2.73. The van der Waals surface area contributed by atoms with Crippen molar-refractivity contribution in [3.8, 4) is 0 Å². The Balaban J connectivity index is 2.75. The minimum absolute atomic E-state index is 0.0461. The molecule has 0 bridgehead atoms. The van der Waals surface area contributed by atoms with Crippen LogP contribution in [0.25, 0.3) is 0 Å². The third-order valence-corrected chi connectivity index (χ3v) is 11.5. The van der Waals surface area contributed by atoms with Gasteiger partial charge in [0, 0.05) is 40.7 Å². The van der Waals surface area contributed by atoms with Crippen molar-refractivity contribution < 1.29 is 57.1 Å². The van der Waals surface area contributed by atoms with Crippen LogP contribution in [-0.2, 0) is 57.1 Å². The first-order valence-corrected chi connectivity index (χ1v) is 23.9. The molecule has 0 aromatic rings. The minimum atomic E-state index is -1.32. The van der Waals surface area contributed by atoms with Crippen LogP contribution >= 0.6 is 0 Å². The van der Waals surface area contributed by atoms with E-state index in [4.69, 9.17) is 33.2 Å². The van der Waals surface area contributed by atoms with Gasteiger partial charge < -0.3 is 33.2 Å². The topological polar surface area (TPSA) is 150 Å². The van der Waals surface area contributed by atoms with Gasteiger partial charge in [0.1, 0.15) is 12.2 Å². The summed E-state index contributed by atoms with van der Waals surface area (Å²) in [6.07, 6.45) is 19.9. The molecule has 1 fully saturated rings. The molecule has 0 aromatic heterocycles. The van der Waals surface area contributed by atoms with E-state index < -0.39 is 66.5 Å². The van der Waals surface area contributed by atoms with Crippen molar-refractivity contribution >= 4 is 29.8 Å². The molecular weight excluding hydrogens is 769 g/mol. The van der Waals surface area contributed by atoms with Gasteiger partial charge in [-0.05, 0) is 24.7 Å². The van der Waals surface area contributed by atoms with Crippen molar-refractivity contribution in [1.82, 2.24) is 0 Å². The standard InChI is InChI=1S/C48H86O12/c1-9-11-12-24-30-37(4)31-26-21-17-15-19-23-28-33-54-34-42(56-38(5)49)35-55-44-45(57-39(6)50)47(58-40(7)51)48(59-41(8)52)46(44)60-43(53)32-27-22-18-14-13-16-20-25-29-36(3)10-2/h36-37,42,44-48H,9-35H2,1-8H3/t36?,37?,42-,44+,45+,46+,47-,48-/m0/s1. The number of ether oxygens (including phenoxy) is 7. The van der Waals surface area contributed by atoms with Gasteiger partial charge in [-0.25, -0.2) is 0 Å². The summed E-state index contributed by atoms with van der Waals surface area (Å²) in [5.74, 6) is -1.64. The molecule has 0 radical (unpaired) electrons. The number of esters is 5. The van der Waals surface area contributed by atoms with Crippen molar-refractivity contribution in [2.75, 3.05) is 19.8 Å². The number of unbranched alkanes of at least 4 members (excludes halogenated alkanes) is 16. The van der Waals surface area contributed by atoms with Crippen molar-refractivity contribution in [3.63, 3.8) is 0 Å². The van der Waals surface area contributed by atoms with Crippen molar-refractivity contribution in [3.05, 3.63) is 0 Å². The summed E-state index contributed by atoms with van der Waals surface area (Å²) in [5.41, 5.74) is 0. The Morgan fingerprint density at radius 1 is 0.450 bits per heavy atom. The maximum atomic E-state index is 13.3. The van der Waals surface area contributed by atoms with Gasteiger partial charge >= 0.3 is 29.8 Å². The molecule has 12 nitrogen and oxygen atoms in total. The zero-order valence-corrected chi connectivity index (χ0v) is 39.1. The number of rotatable bonds is 37. The molecule has 1 aliphatic rings. The lowest BCUT2D eigenvalue weighted by Crippen LogP contribution is -2.43. The van der Waals surface area contributed by atoms with Crippen LogP contribution in [0.4, 0.5) is 0 Å². The van der Waals surface area contributed by atoms with Gasteiger partial charge in [-0.1, -0.05) is 163 Å². The van der Waals surface area contributed by atoms with Crippen LogP contribution in [0.1, 0.15) is 209 Å². The van der Waals surface area contributed by atoms with Crippen LogP contribution in [0.15, 0.2) is 0 Å². The fourth-order valence-electron chi connectivity index (χ4n) is 7.90. The maximum Gasteiger partial charge on any atom is 0.306 e. The normalized spacial score (nSPS) is 20.2. The molecule has 2 unspecified atom stereocenters. The Morgan fingerprint density at radius 3 is 1.33 bits per heavy atom. The molecular formula is C48H86O12. The maximum absolute atomic E-state index is 13.3. The molecule has 0 spiro atoms. The average molecular weight is 855 g/mol. The summed E-state index contributed by atoms with van der Waals surface area (Å²) in [6.45, 7) is 14.3. The molecule has 1 rings (SSSR count). The van der Waals surface area contributed by atoms with Crippen molar-refractivity contribution in [1.29, 1.82) is 0 Å². The summed E-state index contributed by atoms with van der Waals surface area (Å²) >= 11 is 0. The molecule has 60 heavy (non-hydrogen) atoms. The van der Waals surface area contributed by atoms with Gasteiger partial charge in [-0.2, -0.15) is 0 Å². The zero-order valence-electron chi connectivity index (χ0n) is 39.1. The van der Waals surface area contributed by atoms with E-state index >= 15 is 0 Å². The van der Waals surface area contributed by atoms with E-state index in [-0.39, 0.29) is 19.6 Å². The predicted octanol–water partition coefficient (Wildman–Crippen LogP) is 10.7. The quantitative estimate of drug-likeness (QED) is 0.0332. The van der Waals surface area contributed by atoms with Gasteiger partial charge in [-0.3, -0.25) is 24.0 Å². The monoisotopic (exact) mass is 855 g/mol. The van der Waals surface area contributed by atoms with E-state index in [1.54, 1.807) is 0 Å². The fourth-order valence-corrected chi connectivity index (χ4v) is 7.90. The van der Waals surface area contributed by atoms with Gasteiger partial charge in [0.05, 0.1) is 13.2 Å². The summed E-state index contributed by atoms with van der Waals surface area (Å²) in [4.78, 5) is 62.2. The highest BCUT2D eigenvalue weighted by atomic mass is 16.7. The fraction of sp³-hybridized carbons (Fsp3) is 0.896. The van der Waals surface area contributed by atoms with E-state index in [1.807, 2.05) is 0 Å². The Morgan fingerprint density at radius 2 is 0.867 bits per heavy atom. The lowest BCUT2D eigenvalue weighted by molar-refractivity contribution is -0.181. The third-order valence-electron chi connectivity index (χ3n) is 11.5. The SMILES string of the molecule is CCCCCCC(C)CCCCCCCCCOC[C@@H](CO[C@@H]1[C@@H](OC(C)=O)[C@H](OC(C)=O)[C@@H](OC(C)=O)[C@@H]1OC(=O)CCCCCCCCCCC(C)CC)OC(C)=O. The molecule has 1 saturated carbocycles. The van der Waals surface area contributed by atoms with Crippen LogP contribution in [0.3, 0.4) is 0 Å². The molecule has 0 aliphatic heterocycles. The van der Waals surface area contributed by atoms with E-state index in [0.717, 1.165) is 50.4 Å². The Labute approximate surface area is 363 Å². The highest BCUT2D eigenvalue weighted by molar-refractivity contribution is 5.71. The van der Waals surface area contributed by atoms with Crippen molar-refractivity contribution in [2.45, 2.75) is 246 Å². The van der Waals surface area contributed by atoms with Crippen LogP contribution in [-0.4, -0.2) is 86.3 Å². The smallest absolute Gasteiger partial charge is 0.306 e. The third kappa shape index (κ3) is 27.3. The highest BCUT2D eigenvalue weighted by Crippen LogP contribution is 2.35. The van der Waals surface area contributed by atoms with E-state index in [0.29, 0.717) is 13.0 Å². The number of hydrogen-bond donors (Lipinski definition) is 0. The average Bonchev–Trinajstić information content (AvgIpc) is 3.42. The molecule has 350 valence electrons. The lowest BCUT2D eigenvalue weighted by Gasteiger charge is -2.27. The highest BCUT2D eigenvalue weighted by Gasteiger charge is 2.59. The van der Waals surface area contributed by atoms with Crippen LogP contribution in [0, 0.1) is 11.8 Å². The molecule has 1 aliphatic carbocycles. The first-order valence-electron chi connectivity index (χ1n) is 23.9. The largest absolute Gasteiger partial charge is 0.458 e. The van der Waals surface area contributed by atoms with Crippen LogP contribution in [0.2, 0.25) is 0 Å². The zero-order chi connectivity index (χ0) is 44.5. The van der Waals surface area contributed by atoms with Gasteiger partial charge in [-0.15, -0.1) is 0 Å². The lowest BCUT2D eigenvalue weighted by atomic mass is 9.96. The van der Waals surface area contributed by atoms with Crippen LogP contribution in [0.5, 0.6) is 0 Å². The molecule has 0 heterocycles. The molecule has 0 saturated heterocycles. The predicted molar refractivity (Wildman–Crippen MR) is 233 cm³/mol. The van der Waals surface area contributed by atoms with Gasteiger partial charge in [0.25, 0.3) is 0 Å². The second kappa shape index (κ2) is 34.8. The number of carbonyl (C=O) groups excluding carboxylic acids is 5. The molecule has 8 atom stereocenters. The molecule has 0 N–H and O–H groups in total. The first-order chi connectivity index (χ1) is 28.8. The minimum Gasteiger partial charge on any atom is -0.458 e. The van der Waals surface area contributed by atoms with Gasteiger partial charge in [0.2, 0.25) is 0 Å². The number of hydrogen-bond acceptors (Lipinski definition) is 12. The van der Waals surface area contributed by atoms with Crippen LogP contribution < -0.4 is 0 Å². The number of carbonyl (C=O) groups is 5. The summed E-state index contributed by atoms with van der Waals surface area (Å²) < 4.78 is 40.2. The van der Waals surface area contributed by atoms with E-state index in [9.17, 15) is 24.0 Å². The Kier molecular flexibility index (Phi) is 32.1. The first kappa shape index (κ1) is 55.3. The summed E-state index contributed by atoms with van der Waals surface area (Å²) in [5, 5.41) is 0. The molecule has 0 amide bonds. The van der Waals surface area contributed by atoms with Gasteiger partial charge in [0.15, 0.2) is 24.4 Å². The van der Waals surface area contributed by atoms with Crippen molar-refractivity contribution in [2.24, 2.45) is 11.8 Å². The molecule has 12 heteroatoms. The molecule has 0 aromatic carbocycles. The summed E-state index contributed by atoms with van der Waals surface area (Å²) in [7, 11) is 0.